The van der Waals surface area contributed by atoms with Gasteiger partial charge in [0.05, 0.1) is 13.2 Å². The van der Waals surface area contributed by atoms with Crippen molar-refractivity contribution in [3.05, 3.63) is 29.3 Å². The summed E-state index contributed by atoms with van der Waals surface area (Å²) >= 11 is 0. The third-order valence-electron chi connectivity index (χ3n) is 2.48. The molecule has 0 aliphatic heterocycles. The van der Waals surface area contributed by atoms with Gasteiger partial charge in [-0.05, 0) is 38.0 Å². The Kier molecular flexibility index (Phi) is 5.85. The van der Waals surface area contributed by atoms with E-state index in [1.807, 2.05) is 0 Å². The van der Waals surface area contributed by atoms with Crippen LogP contribution >= 0.6 is 0 Å². The number of ether oxygens (including phenoxy) is 2. The van der Waals surface area contributed by atoms with Gasteiger partial charge in [-0.2, -0.15) is 0 Å². The third kappa shape index (κ3) is 4.62. The molecular formula is C14H18O5. The van der Waals surface area contributed by atoms with Crippen molar-refractivity contribution in [1.29, 1.82) is 0 Å². The normalized spacial score (nSPS) is 10.0. The van der Waals surface area contributed by atoms with E-state index >= 15 is 0 Å². The first-order chi connectivity index (χ1) is 9.08. The molecule has 0 radical (unpaired) electrons. The highest BCUT2D eigenvalue weighted by atomic mass is 16.5. The Bertz CT molecular complexity index is 453. The average Bonchev–Trinajstić information content (AvgIpc) is 2.37. The molecule has 0 saturated heterocycles. The standard InChI is InChI=1S/C14H18O5/c1-3-18-13(16)8-6-10-5-7-11(12(15)9-10)14(17)19-4-2/h5,7,9,15H,3-4,6,8H2,1-2H3. The number of rotatable bonds is 6. The summed E-state index contributed by atoms with van der Waals surface area (Å²) in [5.74, 6) is -0.979. The van der Waals surface area contributed by atoms with Gasteiger partial charge in [0, 0.05) is 6.42 Å². The van der Waals surface area contributed by atoms with E-state index in [0.29, 0.717) is 13.0 Å². The molecule has 1 aromatic carbocycles. The monoisotopic (exact) mass is 266 g/mol. The van der Waals surface area contributed by atoms with Gasteiger partial charge in [0.1, 0.15) is 11.3 Å². The molecule has 0 spiro atoms. The van der Waals surface area contributed by atoms with E-state index in [0.717, 1.165) is 5.56 Å². The number of phenols is 1. The van der Waals surface area contributed by atoms with Gasteiger partial charge >= 0.3 is 11.9 Å². The largest absolute Gasteiger partial charge is 0.507 e. The van der Waals surface area contributed by atoms with Crippen LogP contribution in [0.2, 0.25) is 0 Å². The maximum Gasteiger partial charge on any atom is 0.341 e. The van der Waals surface area contributed by atoms with Crippen molar-refractivity contribution in [2.75, 3.05) is 13.2 Å². The second-order valence-electron chi connectivity index (χ2n) is 3.88. The smallest absolute Gasteiger partial charge is 0.341 e. The molecule has 0 heterocycles. The lowest BCUT2D eigenvalue weighted by Crippen LogP contribution is -2.07. The fourth-order valence-corrected chi connectivity index (χ4v) is 1.59. The average molecular weight is 266 g/mol. The van der Waals surface area contributed by atoms with Gasteiger partial charge in [-0.1, -0.05) is 6.07 Å². The zero-order chi connectivity index (χ0) is 14.3. The first-order valence-electron chi connectivity index (χ1n) is 6.23. The number of hydrogen-bond acceptors (Lipinski definition) is 5. The van der Waals surface area contributed by atoms with E-state index in [1.54, 1.807) is 19.9 Å². The van der Waals surface area contributed by atoms with Gasteiger partial charge < -0.3 is 14.6 Å². The minimum Gasteiger partial charge on any atom is -0.507 e. The summed E-state index contributed by atoms with van der Waals surface area (Å²) < 4.78 is 9.62. The molecule has 5 heteroatoms. The van der Waals surface area contributed by atoms with Crippen LogP contribution in [0.1, 0.15) is 36.2 Å². The molecule has 5 nitrogen and oxygen atoms in total. The molecule has 1 rings (SSSR count). The maximum atomic E-state index is 11.5. The summed E-state index contributed by atoms with van der Waals surface area (Å²) in [7, 11) is 0. The minimum atomic E-state index is -0.558. The molecule has 0 saturated carbocycles. The van der Waals surface area contributed by atoms with Crippen molar-refractivity contribution in [2.24, 2.45) is 0 Å². The molecule has 0 unspecified atom stereocenters. The number of aromatic hydroxyl groups is 1. The number of esters is 2. The quantitative estimate of drug-likeness (QED) is 0.798. The maximum absolute atomic E-state index is 11.5. The van der Waals surface area contributed by atoms with Crippen LogP contribution in [-0.2, 0) is 20.7 Å². The van der Waals surface area contributed by atoms with E-state index in [-0.39, 0.29) is 30.3 Å². The number of phenolic OH excluding ortho intramolecular Hbond substituents is 1. The number of carbonyl (C=O) groups excluding carboxylic acids is 2. The molecule has 0 bridgehead atoms. The van der Waals surface area contributed by atoms with E-state index in [9.17, 15) is 14.7 Å². The molecule has 1 N–H and O–H groups in total. The molecule has 0 aromatic heterocycles. The van der Waals surface area contributed by atoms with Gasteiger partial charge in [-0.15, -0.1) is 0 Å². The van der Waals surface area contributed by atoms with Crippen LogP contribution in [0.25, 0.3) is 0 Å². The molecule has 0 atom stereocenters. The van der Waals surface area contributed by atoms with Gasteiger partial charge in [0.25, 0.3) is 0 Å². The number of aryl methyl sites for hydroxylation is 1. The zero-order valence-electron chi connectivity index (χ0n) is 11.1. The molecule has 0 amide bonds. The first kappa shape index (κ1) is 15.0. The van der Waals surface area contributed by atoms with E-state index in [4.69, 9.17) is 9.47 Å². The molecule has 0 fully saturated rings. The van der Waals surface area contributed by atoms with Crippen LogP contribution in [0.3, 0.4) is 0 Å². The predicted octanol–water partition coefficient (Wildman–Crippen LogP) is 2.06. The van der Waals surface area contributed by atoms with Crippen LogP contribution in [0.4, 0.5) is 0 Å². The minimum absolute atomic E-state index is 0.127. The van der Waals surface area contributed by atoms with Crippen molar-refractivity contribution in [3.63, 3.8) is 0 Å². The van der Waals surface area contributed by atoms with Gasteiger partial charge in [-0.25, -0.2) is 4.79 Å². The van der Waals surface area contributed by atoms with Crippen LogP contribution in [0.15, 0.2) is 18.2 Å². The summed E-state index contributed by atoms with van der Waals surface area (Å²) in [6.45, 7) is 4.05. The highest BCUT2D eigenvalue weighted by Gasteiger charge is 2.13. The van der Waals surface area contributed by atoms with E-state index in [1.165, 1.54) is 12.1 Å². The topological polar surface area (TPSA) is 72.8 Å². The fraction of sp³-hybridized carbons (Fsp3) is 0.429. The Hall–Kier alpha value is -2.04. The summed E-state index contributed by atoms with van der Waals surface area (Å²) in [4.78, 5) is 22.7. The highest BCUT2D eigenvalue weighted by molar-refractivity contribution is 5.92. The molecule has 0 aliphatic rings. The van der Waals surface area contributed by atoms with Gasteiger partial charge in [0.2, 0.25) is 0 Å². The first-order valence-corrected chi connectivity index (χ1v) is 6.23. The van der Waals surface area contributed by atoms with Crippen molar-refractivity contribution in [2.45, 2.75) is 26.7 Å². The molecule has 19 heavy (non-hydrogen) atoms. The van der Waals surface area contributed by atoms with Crippen LogP contribution in [0.5, 0.6) is 5.75 Å². The summed E-state index contributed by atoms with van der Waals surface area (Å²) in [6.07, 6.45) is 0.696. The Balaban J connectivity index is 2.66. The van der Waals surface area contributed by atoms with E-state index in [2.05, 4.69) is 0 Å². The fourth-order valence-electron chi connectivity index (χ4n) is 1.59. The Labute approximate surface area is 112 Å². The lowest BCUT2D eigenvalue weighted by atomic mass is 10.1. The zero-order valence-corrected chi connectivity index (χ0v) is 11.1. The van der Waals surface area contributed by atoms with E-state index < -0.39 is 5.97 Å². The van der Waals surface area contributed by atoms with Gasteiger partial charge in [0.15, 0.2) is 0 Å². The summed E-state index contributed by atoms with van der Waals surface area (Å²) in [6, 6.07) is 4.64. The van der Waals surface area contributed by atoms with Crippen molar-refractivity contribution < 1.29 is 24.2 Å². The molecule has 0 aliphatic carbocycles. The highest BCUT2D eigenvalue weighted by Crippen LogP contribution is 2.20. The summed E-state index contributed by atoms with van der Waals surface area (Å²) in [5, 5.41) is 9.74. The lowest BCUT2D eigenvalue weighted by molar-refractivity contribution is -0.143. The van der Waals surface area contributed by atoms with Crippen LogP contribution < -0.4 is 0 Å². The predicted molar refractivity (Wildman–Crippen MR) is 69.0 cm³/mol. The number of hydrogen-bond donors (Lipinski definition) is 1. The SMILES string of the molecule is CCOC(=O)CCc1ccc(C(=O)OCC)c(O)c1. The lowest BCUT2D eigenvalue weighted by Gasteiger charge is -2.07. The van der Waals surface area contributed by atoms with Crippen LogP contribution in [0, 0.1) is 0 Å². The third-order valence-corrected chi connectivity index (χ3v) is 2.48. The van der Waals surface area contributed by atoms with Gasteiger partial charge in [-0.3, -0.25) is 4.79 Å². The second-order valence-corrected chi connectivity index (χ2v) is 3.88. The van der Waals surface area contributed by atoms with Crippen molar-refractivity contribution in [3.8, 4) is 5.75 Å². The van der Waals surface area contributed by atoms with Crippen molar-refractivity contribution >= 4 is 11.9 Å². The Morgan fingerprint density at radius 2 is 1.84 bits per heavy atom. The molecule has 1 aromatic rings. The number of benzene rings is 1. The van der Waals surface area contributed by atoms with Crippen molar-refractivity contribution in [1.82, 2.24) is 0 Å². The summed E-state index contributed by atoms with van der Waals surface area (Å²) in [5.41, 5.74) is 0.889. The second kappa shape index (κ2) is 7.41. The van der Waals surface area contributed by atoms with Crippen LogP contribution in [-0.4, -0.2) is 30.3 Å². The molecular weight excluding hydrogens is 248 g/mol. The molecule has 104 valence electrons. The Morgan fingerprint density at radius 1 is 1.16 bits per heavy atom. The number of carbonyl (C=O) groups is 2. The Morgan fingerprint density at radius 3 is 2.42 bits per heavy atom.